The summed E-state index contributed by atoms with van der Waals surface area (Å²) in [6.45, 7) is 1.89. The summed E-state index contributed by atoms with van der Waals surface area (Å²) in [4.78, 5) is 24.2. The number of nitrogens with one attached hydrogen (secondary N) is 2. The van der Waals surface area contributed by atoms with E-state index in [1.54, 1.807) is 6.92 Å². The standard InChI is InChI=1S/C20H37N3O10S/c1-8-14(23-19(29)10(4-5-34)22-9(2)26)16(28)18(12(7-25)31-8)33-20-13(21)15(27)17(30-3)11(6-24)32-20/h8,10-18,20,24-25,27-28,34H,4-7,21H2,1-3H3,(H,22,26)(H,23,29). The van der Waals surface area contributed by atoms with Crippen molar-refractivity contribution >= 4 is 24.4 Å². The molecule has 198 valence electrons. The van der Waals surface area contributed by atoms with Gasteiger partial charge >= 0.3 is 0 Å². The van der Waals surface area contributed by atoms with Crippen LogP contribution in [0, 0.1) is 0 Å². The first-order chi connectivity index (χ1) is 16.1. The minimum absolute atomic E-state index is 0.262. The molecule has 0 bridgehead atoms. The monoisotopic (exact) mass is 511 g/mol. The third-order valence-electron chi connectivity index (χ3n) is 6.03. The number of hydrogen-bond donors (Lipinski definition) is 8. The molecule has 0 spiro atoms. The van der Waals surface area contributed by atoms with E-state index in [1.807, 2.05) is 0 Å². The Bertz CT molecular complexity index is 675. The zero-order valence-corrected chi connectivity index (χ0v) is 20.3. The van der Waals surface area contributed by atoms with Gasteiger partial charge in [-0.2, -0.15) is 12.6 Å². The molecule has 2 aliphatic rings. The minimum atomic E-state index is -1.38. The van der Waals surface area contributed by atoms with Crippen LogP contribution in [0.4, 0.5) is 0 Å². The average molecular weight is 512 g/mol. The second-order valence-corrected chi connectivity index (χ2v) is 8.89. The first kappa shape index (κ1) is 29.2. The van der Waals surface area contributed by atoms with E-state index in [0.717, 1.165) is 0 Å². The van der Waals surface area contributed by atoms with Crippen LogP contribution in [0.2, 0.25) is 0 Å². The first-order valence-corrected chi connectivity index (χ1v) is 11.7. The van der Waals surface area contributed by atoms with Crippen LogP contribution in [0.25, 0.3) is 0 Å². The summed E-state index contributed by atoms with van der Waals surface area (Å²) >= 11 is 4.11. The molecule has 2 aliphatic heterocycles. The summed E-state index contributed by atoms with van der Waals surface area (Å²) in [6, 6.07) is -2.95. The second-order valence-electron chi connectivity index (χ2n) is 8.45. The van der Waals surface area contributed by atoms with Gasteiger partial charge in [0.1, 0.15) is 42.7 Å². The van der Waals surface area contributed by atoms with Gasteiger partial charge in [-0.1, -0.05) is 0 Å². The van der Waals surface area contributed by atoms with E-state index in [9.17, 15) is 30.0 Å². The normalized spacial score (nSPS) is 39.3. The summed E-state index contributed by atoms with van der Waals surface area (Å²) < 4.78 is 22.4. The highest BCUT2D eigenvalue weighted by molar-refractivity contribution is 7.80. The summed E-state index contributed by atoms with van der Waals surface area (Å²) in [5.74, 6) is -0.606. The van der Waals surface area contributed by atoms with Crippen molar-refractivity contribution in [2.45, 2.75) is 87.4 Å². The lowest BCUT2D eigenvalue weighted by Crippen LogP contribution is -2.68. The van der Waals surface area contributed by atoms with Crippen LogP contribution in [0.3, 0.4) is 0 Å². The fraction of sp³-hybridized carbons (Fsp3) is 0.900. The van der Waals surface area contributed by atoms with Crippen molar-refractivity contribution in [1.82, 2.24) is 10.6 Å². The van der Waals surface area contributed by atoms with Crippen molar-refractivity contribution in [3.05, 3.63) is 0 Å². The molecule has 11 unspecified atom stereocenters. The fourth-order valence-corrected chi connectivity index (χ4v) is 4.48. The fourth-order valence-electron chi connectivity index (χ4n) is 4.22. The van der Waals surface area contributed by atoms with Crippen LogP contribution in [0.15, 0.2) is 0 Å². The van der Waals surface area contributed by atoms with E-state index in [4.69, 9.17) is 24.7 Å². The quantitative estimate of drug-likeness (QED) is 0.134. The molecule has 14 heteroatoms. The minimum Gasteiger partial charge on any atom is -0.394 e. The van der Waals surface area contributed by atoms with Gasteiger partial charge in [0.15, 0.2) is 6.29 Å². The number of rotatable bonds is 10. The van der Waals surface area contributed by atoms with Crippen LogP contribution >= 0.6 is 12.6 Å². The molecule has 2 rings (SSSR count). The Morgan fingerprint density at radius 3 is 2.26 bits per heavy atom. The number of ether oxygens (including phenoxy) is 4. The van der Waals surface area contributed by atoms with Crippen molar-refractivity contribution < 1.29 is 49.0 Å². The molecule has 0 radical (unpaired) electrons. The predicted octanol–water partition coefficient (Wildman–Crippen LogP) is -3.76. The number of amides is 2. The van der Waals surface area contributed by atoms with E-state index < -0.39 is 92.2 Å². The third-order valence-corrected chi connectivity index (χ3v) is 6.29. The molecular formula is C20H37N3O10S. The van der Waals surface area contributed by atoms with Gasteiger partial charge < -0.3 is 55.7 Å². The lowest BCUT2D eigenvalue weighted by atomic mass is 9.92. The molecule has 2 fully saturated rings. The molecule has 11 atom stereocenters. The van der Waals surface area contributed by atoms with Crippen LogP contribution in [0.5, 0.6) is 0 Å². The lowest BCUT2D eigenvalue weighted by Gasteiger charge is -2.47. The molecule has 2 saturated heterocycles. The highest BCUT2D eigenvalue weighted by atomic mass is 32.1. The van der Waals surface area contributed by atoms with Gasteiger partial charge in [0.25, 0.3) is 0 Å². The molecule has 0 aromatic carbocycles. The van der Waals surface area contributed by atoms with Gasteiger partial charge in [0.2, 0.25) is 11.8 Å². The average Bonchev–Trinajstić information content (AvgIpc) is 2.80. The molecular weight excluding hydrogens is 474 g/mol. The number of carbonyl (C=O) groups excluding carboxylic acids is 2. The van der Waals surface area contributed by atoms with Crippen LogP contribution in [-0.4, -0.2) is 125 Å². The zero-order chi connectivity index (χ0) is 25.6. The number of nitrogens with two attached hydrogens (primary N) is 1. The number of aliphatic hydroxyl groups excluding tert-OH is 4. The van der Waals surface area contributed by atoms with Gasteiger partial charge in [0, 0.05) is 14.0 Å². The van der Waals surface area contributed by atoms with Crippen molar-refractivity contribution in [2.75, 3.05) is 26.1 Å². The Morgan fingerprint density at radius 2 is 1.74 bits per heavy atom. The SMILES string of the molecule is COC1C(CO)OC(OC2C(CO)OC(C)C(NC(=O)C(CCS)NC(C)=O)C2O)C(N)C1O. The third kappa shape index (κ3) is 6.78. The van der Waals surface area contributed by atoms with Crippen LogP contribution < -0.4 is 16.4 Å². The zero-order valence-electron chi connectivity index (χ0n) is 19.4. The molecule has 0 aliphatic carbocycles. The van der Waals surface area contributed by atoms with E-state index in [1.165, 1.54) is 14.0 Å². The molecule has 0 aromatic rings. The molecule has 2 amide bonds. The van der Waals surface area contributed by atoms with E-state index in [0.29, 0.717) is 5.75 Å². The van der Waals surface area contributed by atoms with Gasteiger partial charge in [-0.25, -0.2) is 0 Å². The molecule has 0 saturated carbocycles. The Balaban J connectivity index is 2.18. The topological polar surface area (TPSA) is 202 Å². The molecule has 34 heavy (non-hydrogen) atoms. The number of methoxy groups -OCH3 is 1. The molecule has 8 N–H and O–H groups in total. The molecule has 2 heterocycles. The van der Waals surface area contributed by atoms with Gasteiger partial charge in [0.05, 0.1) is 31.4 Å². The maximum Gasteiger partial charge on any atom is 0.243 e. The van der Waals surface area contributed by atoms with E-state index in [-0.39, 0.29) is 6.42 Å². The number of carbonyl (C=O) groups is 2. The van der Waals surface area contributed by atoms with Crippen LogP contribution in [0.1, 0.15) is 20.3 Å². The predicted molar refractivity (Wildman–Crippen MR) is 121 cm³/mol. The van der Waals surface area contributed by atoms with E-state index in [2.05, 4.69) is 23.3 Å². The van der Waals surface area contributed by atoms with Crippen molar-refractivity contribution in [2.24, 2.45) is 5.73 Å². The summed E-state index contributed by atoms with van der Waals surface area (Å²) in [7, 11) is 1.34. The molecule has 13 nitrogen and oxygen atoms in total. The Kier molecular flexibility index (Phi) is 11.4. The van der Waals surface area contributed by atoms with Gasteiger partial charge in [-0.15, -0.1) is 0 Å². The first-order valence-electron chi connectivity index (χ1n) is 11.1. The number of hydrogen-bond acceptors (Lipinski definition) is 12. The Morgan fingerprint density at radius 1 is 1.12 bits per heavy atom. The second kappa shape index (κ2) is 13.3. The van der Waals surface area contributed by atoms with Crippen molar-refractivity contribution in [3.63, 3.8) is 0 Å². The number of thiol groups is 1. The Labute approximate surface area is 203 Å². The van der Waals surface area contributed by atoms with Crippen LogP contribution in [-0.2, 0) is 28.5 Å². The Hall–Kier alpha value is -1.07. The summed E-state index contributed by atoms with van der Waals surface area (Å²) in [5, 5.41) is 46.2. The highest BCUT2D eigenvalue weighted by Crippen LogP contribution is 2.29. The highest BCUT2D eigenvalue weighted by Gasteiger charge is 2.50. The largest absolute Gasteiger partial charge is 0.394 e. The summed E-state index contributed by atoms with van der Waals surface area (Å²) in [6.07, 6.45) is -8.42. The van der Waals surface area contributed by atoms with Gasteiger partial charge in [-0.05, 0) is 19.1 Å². The van der Waals surface area contributed by atoms with E-state index >= 15 is 0 Å². The lowest BCUT2D eigenvalue weighted by molar-refractivity contribution is -0.313. The van der Waals surface area contributed by atoms with Crippen molar-refractivity contribution in [1.29, 1.82) is 0 Å². The van der Waals surface area contributed by atoms with Crippen molar-refractivity contribution in [3.8, 4) is 0 Å². The molecule has 0 aromatic heterocycles. The van der Waals surface area contributed by atoms with Gasteiger partial charge in [-0.3, -0.25) is 9.59 Å². The number of aliphatic hydroxyl groups is 4. The smallest absolute Gasteiger partial charge is 0.243 e. The summed E-state index contributed by atoms with van der Waals surface area (Å²) in [5.41, 5.74) is 6.05. The maximum absolute atomic E-state index is 12.8. The maximum atomic E-state index is 12.8.